The number of rotatable bonds is 6. The first-order valence-corrected chi connectivity index (χ1v) is 12.3. The molecular weight excluding hydrogens is 469 g/mol. The molecule has 192 valence electrons. The van der Waals surface area contributed by atoms with E-state index in [2.05, 4.69) is 20.8 Å². The first-order chi connectivity index (χ1) is 17.5. The molecule has 0 aromatic heterocycles. The second-order valence-corrected chi connectivity index (χ2v) is 10.4. The predicted octanol–water partition coefficient (Wildman–Crippen LogP) is 6.10. The average molecular weight is 502 g/mol. The Bertz CT molecular complexity index is 1350. The molecule has 0 radical (unpaired) electrons. The molecule has 0 spiro atoms. The van der Waals surface area contributed by atoms with Gasteiger partial charge in [0.1, 0.15) is 17.3 Å². The molecule has 0 saturated carbocycles. The van der Waals surface area contributed by atoms with Crippen molar-refractivity contribution in [3.8, 4) is 5.75 Å². The Labute approximate surface area is 217 Å². The Kier molecular flexibility index (Phi) is 7.21. The summed E-state index contributed by atoms with van der Waals surface area (Å²) in [5, 5.41) is 11.3. The molecule has 1 N–H and O–H groups in total. The van der Waals surface area contributed by atoms with Crippen LogP contribution < -0.4 is 4.74 Å². The number of hydrogen-bond acceptors (Lipinski definition) is 4. The van der Waals surface area contributed by atoms with Crippen LogP contribution in [0.15, 0.2) is 72.3 Å². The molecule has 1 fully saturated rings. The highest BCUT2D eigenvalue weighted by Gasteiger charge is 2.45. The molecule has 3 aromatic rings. The van der Waals surface area contributed by atoms with E-state index >= 15 is 0 Å². The number of aryl methyl sites for hydroxylation is 1. The largest absolute Gasteiger partial charge is 0.507 e. The summed E-state index contributed by atoms with van der Waals surface area (Å²) in [4.78, 5) is 28.1. The van der Waals surface area contributed by atoms with Crippen molar-refractivity contribution in [3.05, 3.63) is 106 Å². The highest BCUT2D eigenvalue weighted by Crippen LogP contribution is 2.40. The Morgan fingerprint density at radius 3 is 2.22 bits per heavy atom. The lowest BCUT2D eigenvalue weighted by Crippen LogP contribution is -2.31. The summed E-state index contributed by atoms with van der Waals surface area (Å²) < 4.78 is 18.7. The summed E-state index contributed by atoms with van der Waals surface area (Å²) in [6.07, 6.45) is 0.436. The van der Waals surface area contributed by atoms with Gasteiger partial charge in [-0.25, -0.2) is 4.39 Å². The van der Waals surface area contributed by atoms with Crippen molar-refractivity contribution in [2.24, 2.45) is 0 Å². The summed E-state index contributed by atoms with van der Waals surface area (Å²) in [6.45, 7) is 8.42. The van der Waals surface area contributed by atoms with Gasteiger partial charge in [-0.05, 0) is 71.3 Å². The Morgan fingerprint density at radius 1 is 1.00 bits per heavy atom. The van der Waals surface area contributed by atoms with Crippen molar-refractivity contribution < 1.29 is 23.8 Å². The van der Waals surface area contributed by atoms with E-state index in [1.54, 1.807) is 37.4 Å². The van der Waals surface area contributed by atoms with Crippen molar-refractivity contribution in [3.63, 3.8) is 0 Å². The number of aliphatic hydroxyl groups is 1. The minimum absolute atomic E-state index is 0.0529. The van der Waals surface area contributed by atoms with E-state index in [0.717, 1.165) is 22.3 Å². The molecule has 0 aliphatic carbocycles. The molecule has 1 saturated heterocycles. The van der Waals surface area contributed by atoms with E-state index in [0.29, 0.717) is 17.7 Å². The number of ether oxygens (including phenoxy) is 1. The van der Waals surface area contributed by atoms with Gasteiger partial charge in [0.05, 0.1) is 18.7 Å². The third-order valence-electron chi connectivity index (χ3n) is 6.86. The number of carbonyl (C=O) groups excluding carboxylic acids is 2. The first-order valence-electron chi connectivity index (χ1n) is 12.3. The Hall–Kier alpha value is -3.93. The second-order valence-electron chi connectivity index (χ2n) is 10.4. The van der Waals surface area contributed by atoms with Gasteiger partial charge in [-0.2, -0.15) is 0 Å². The Balaban J connectivity index is 1.79. The summed E-state index contributed by atoms with van der Waals surface area (Å²) >= 11 is 0. The Morgan fingerprint density at radius 2 is 1.65 bits per heavy atom. The van der Waals surface area contributed by atoms with Crippen LogP contribution in [-0.4, -0.2) is 35.4 Å². The quantitative estimate of drug-likeness (QED) is 0.252. The van der Waals surface area contributed by atoms with Gasteiger partial charge in [0.2, 0.25) is 0 Å². The van der Waals surface area contributed by atoms with Gasteiger partial charge in [-0.15, -0.1) is 0 Å². The number of likely N-dealkylation sites (tertiary alicyclic amines) is 1. The molecule has 1 atom stereocenters. The number of hydrogen-bond donors (Lipinski definition) is 1. The zero-order valence-electron chi connectivity index (χ0n) is 21.8. The number of nitrogens with zero attached hydrogens (tertiary/aromatic N) is 1. The summed E-state index contributed by atoms with van der Waals surface area (Å²) in [7, 11) is 1.57. The van der Waals surface area contributed by atoms with Crippen molar-refractivity contribution in [2.75, 3.05) is 13.7 Å². The number of ketones is 1. The SMILES string of the molecule is COc1ccc(/C(O)=C2/C(=O)C(=O)N(CCc3ccc(F)cc3)C2c2ccc(C(C)(C)C)cc2)cc1C. The second kappa shape index (κ2) is 10.2. The van der Waals surface area contributed by atoms with E-state index in [9.17, 15) is 19.1 Å². The summed E-state index contributed by atoms with van der Waals surface area (Å²) in [5.74, 6) is -1.30. The van der Waals surface area contributed by atoms with Gasteiger partial charge in [-0.3, -0.25) is 9.59 Å². The van der Waals surface area contributed by atoms with Gasteiger partial charge >= 0.3 is 0 Å². The van der Waals surface area contributed by atoms with Gasteiger partial charge < -0.3 is 14.7 Å². The van der Waals surface area contributed by atoms with Crippen molar-refractivity contribution >= 4 is 17.4 Å². The van der Waals surface area contributed by atoms with Gasteiger partial charge in [0, 0.05) is 12.1 Å². The van der Waals surface area contributed by atoms with Crippen LogP contribution in [0.5, 0.6) is 5.75 Å². The van der Waals surface area contributed by atoms with Crippen LogP contribution in [-0.2, 0) is 21.4 Å². The van der Waals surface area contributed by atoms with E-state index in [4.69, 9.17) is 4.74 Å². The van der Waals surface area contributed by atoms with Crippen molar-refractivity contribution in [1.82, 2.24) is 4.90 Å². The van der Waals surface area contributed by atoms with E-state index in [1.807, 2.05) is 31.2 Å². The number of Topliss-reactive ketones (excluding diaryl/α,β-unsaturated/α-hetero) is 1. The highest BCUT2D eigenvalue weighted by atomic mass is 19.1. The molecule has 5 nitrogen and oxygen atoms in total. The number of carbonyl (C=O) groups is 2. The van der Waals surface area contributed by atoms with Gasteiger partial charge in [0.15, 0.2) is 0 Å². The topological polar surface area (TPSA) is 66.8 Å². The minimum Gasteiger partial charge on any atom is -0.507 e. The summed E-state index contributed by atoms with van der Waals surface area (Å²) in [6, 6.07) is 18.3. The third kappa shape index (κ3) is 5.29. The fourth-order valence-corrected chi connectivity index (χ4v) is 4.70. The van der Waals surface area contributed by atoms with Gasteiger partial charge in [-0.1, -0.05) is 57.2 Å². The maximum absolute atomic E-state index is 13.4. The highest BCUT2D eigenvalue weighted by molar-refractivity contribution is 6.46. The fraction of sp³-hybridized carbons (Fsp3) is 0.290. The average Bonchev–Trinajstić information content (AvgIpc) is 3.12. The van der Waals surface area contributed by atoms with E-state index in [-0.39, 0.29) is 29.1 Å². The molecule has 1 aliphatic heterocycles. The zero-order valence-corrected chi connectivity index (χ0v) is 21.8. The zero-order chi connectivity index (χ0) is 26.9. The summed E-state index contributed by atoms with van der Waals surface area (Å²) in [5.41, 5.74) is 3.91. The molecule has 0 bridgehead atoms. The third-order valence-corrected chi connectivity index (χ3v) is 6.86. The first kappa shape index (κ1) is 26.1. The molecule has 1 heterocycles. The number of halogens is 1. The molecule has 37 heavy (non-hydrogen) atoms. The van der Waals surface area contributed by atoms with Crippen LogP contribution in [0.1, 0.15) is 54.6 Å². The smallest absolute Gasteiger partial charge is 0.295 e. The van der Waals surface area contributed by atoms with Crippen molar-refractivity contribution in [2.45, 2.75) is 45.6 Å². The standard InChI is InChI=1S/C31H32FNO4/c1-19-18-22(10-15-25(19)37-5)28(34)26-27(21-8-11-23(12-9-21)31(2,3)4)33(30(36)29(26)35)17-16-20-6-13-24(32)14-7-20/h6-15,18,27,34H,16-17H2,1-5H3/b28-26-. The van der Waals surface area contributed by atoms with Gasteiger partial charge in [0.25, 0.3) is 11.7 Å². The number of benzene rings is 3. The number of aliphatic hydroxyl groups excluding tert-OH is 1. The maximum atomic E-state index is 13.4. The predicted molar refractivity (Wildman–Crippen MR) is 142 cm³/mol. The maximum Gasteiger partial charge on any atom is 0.295 e. The van der Waals surface area contributed by atoms with Crippen LogP contribution >= 0.6 is 0 Å². The van der Waals surface area contributed by atoms with Crippen LogP contribution in [0, 0.1) is 12.7 Å². The fourth-order valence-electron chi connectivity index (χ4n) is 4.70. The van der Waals surface area contributed by atoms with Crippen molar-refractivity contribution in [1.29, 1.82) is 0 Å². The molecule has 1 amide bonds. The van der Waals surface area contributed by atoms with Crippen LogP contribution in [0.25, 0.3) is 5.76 Å². The van der Waals surface area contributed by atoms with E-state index < -0.39 is 17.7 Å². The van der Waals surface area contributed by atoms with E-state index in [1.165, 1.54) is 17.0 Å². The number of methoxy groups -OCH3 is 1. The lowest BCUT2D eigenvalue weighted by Gasteiger charge is -2.26. The lowest BCUT2D eigenvalue weighted by atomic mass is 9.85. The molecule has 6 heteroatoms. The molecule has 1 aliphatic rings. The van der Waals surface area contributed by atoms with Crippen LogP contribution in [0.3, 0.4) is 0 Å². The normalized spacial score (nSPS) is 17.4. The van der Waals surface area contributed by atoms with Crippen LogP contribution in [0.4, 0.5) is 4.39 Å². The molecule has 1 unspecified atom stereocenters. The van der Waals surface area contributed by atoms with Crippen LogP contribution in [0.2, 0.25) is 0 Å². The molecule has 3 aromatic carbocycles. The monoisotopic (exact) mass is 501 g/mol. The molecular formula is C31H32FNO4. The lowest BCUT2D eigenvalue weighted by molar-refractivity contribution is -0.139. The number of amides is 1. The minimum atomic E-state index is -0.753. The molecule has 4 rings (SSSR count).